The van der Waals surface area contributed by atoms with Gasteiger partial charge >= 0.3 is 0 Å². The zero-order chi connectivity index (χ0) is 15.5. The van der Waals surface area contributed by atoms with E-state index in [9.17, 15) is 15.0 Å². The minimum absolute atomic E-state index is 0.0811. The van der Waals surface area contributed by atoms with Crippen LogP contribution in [0.4, 0.5) is 0 Å². The van der Waals surface area contributed by atoms with E-state index in [0.29, 0.717) is 5.69 Å². The summed E-state index contributed by atoms with van der Waals surface area (Å²) in [5, 5.41) is 23.3. The quantitative estimate of drug-likeness (QED) is 0.725. The van der Waals surface area contributed by atoms with Crippen LogP contribution in [0.3, 0.4) is 0 Å². The average molecular weight is 294 g/mol. The fourth-order valence-corrected chi connectivity index (χ4v) is 2.20. The molecule has 0 unspecified atom stereocenters. The summed E-state index contributed by atoms with van der Waals surface area (Å²) in [5.74, 6) is -0.564. The van der Waals surface area contributed by atoms with Crippen molar-refractivity contribution in [3.63, 3.8) is 0 Å². The predicted molar refractivity (Wildman–Crippen MR) is 81.4 cm³/mol. The lowest BCUT2D eigenvalue weighted by Crippen LogP contribution is -2.05. The van der Waals surface area contributed by atoms with Gasteiger partial charge in [0.2, 0.25) is 0 Å². The van der Waals surface area contributed by atoms with Gasteiger partial charge in [0.15, 0.2) is 5.78 Å². The molecule has 0 fully saturated rings. The molecule has 2 aromatic carbocycles. The number of aromatic hydroxyl groups is 2. The van der Waals surface area contributed by atoms with E-state index in [2.05, 4.69) is 5.10 Å². The van der Waals surface area contributed by atoms with Crippen LogP contribution in [0.15, 0.2) is 60.8 Å². The molecule has 22 heavy (non-hydrogen) atoms. The number of nitrogens with zero attached hydrogens (tertiary/aromatic N) is 2. The largest absolute Gasteiger partial charge is 0.508 e. The number of hydrogen-bond acceptors (Lipinski definition) is 4. The molecule has 1 aromatic heterocycles. The summed E-state index contributed by atoms with van der Waals surface area (Å²) >= 11 is 0. The van der Waals surface area contributed by atoms with Crippen LogP contribution in [0.25, 0.3) is 5.69 Å². The first kappa shape index (κ1) is 13.9. The summed E-state index contributed by atoms with van der Waals surface area (Å²) in [5.41, 5.74) is 1.70. The molecule has 0 aliphatic carbocycles. The van der Waals surface area contributed by atoms with Crippen molar-refractivity contribution < 1.29 is 15.0 Å². The summed E-state index contributed by atoms with van der Waals surface area (Å²) in [6.45, 7) is 0. The molecule has 5 nitrogen and oxygen atoms in total. The average Bonchev–Trinajstić information content (AvgIpc) is 2.96. The van der Waals surface area contributed by atoms with Gasteiger partial charge in [-0.05, 0) is 30.3 Å². The summed E-state index contributed by atoms with van der Waals surface area (Å²) in [6.07, 6.45) is 1.87. The van der Waals surface area contributed by atoms with E-state index in [1.54, 1.807) is 16.9 Å². The molecule has 0 spiro atoms. The Morgan fingerprint density at radius 2 is 1.82 bits per heavy atom. The highest BCUT2D eigenvalue weighted by Crippen LogP contribution is 2.23. The number of benzene rings is 2. The van der Waals surface area contributed by atoms with Gasteiger partial charge in [-0.3, -0.25) is 4.79 Å². The third kappa shape index (κ3) is 2.83. The van der Waals surface area contributed by atoms with Gasteiger partial charge in [0.05, 0.1) is 23.4 Å². The Morgan fingerprint density at radius 3 is 2.55 bits per heavy atom. The molecule has 0 saturated carbocycles. The standard InChI is InChI=1S/C17H14N2O3/c20-14-6-7-15(17(22)11-14)16(21)10-12-8-9-19(18-12)13-4-2-1-3-5-13/h1-9,11,20,22H,10H2. The number of hydrogen-bond donors (Lipinski definition) is 2. The number of phenols is 2. The van der Waals surface area contributed by atoms with Gasteiger partial charge < -0.3 is 10.2 Å². The van der Waals surface area contributed by atoms with Crippen molar-refractivity contribution in [1.29, 1.82) is 0 Å². The maximum Gasteiger partial charge on any atom is 0.172 e. The minimum Gasteiger partial charge on any atom is -0.508 e. The van der Waals surface area contributed by atoms with E-state index in [1.807, 2.05) is 30.3 Å². The second-order valence-electron chi connectivity index (χ2n) is 4.89. The number of phenolic OH excluding ortho intramolecular Hbond substituents is 2. The van der Waals surface area contributed by atoms with Gasteiger partial charge in [0.1, 0.15) is 11.5 Å². The van der Waals surface area contributed by atoms with E-state index < -0.39 is 0 Å². The molecular weight excluding hydrogens is 280 g/mol. The highest BCUT2D eigenvalue weighted by molar-refractivity contribution is 5.99. The van der Waals surface area contributed by atoms with Crippen molar-refractivity contribution in [1.82, 2.24) is 9.78 Å². The molecule has 0 radical (unpaired) electrons. The lowest BCUT2D eigenvalue weighted by molar-refractivity contribution is 0.0989. The zero-order valence-electron chi connectivity index (χ0n) is 11.7. The van der Waals surface area contributed by atoms with Gasteiger partial charge in [-0.2, -0.15) is 5.10 Å². The molecule has 3 rings (SSSR count). The maximum atomic E-state index is 12.2. The van der Waals surface area contributed by atoms with Gasteiger partial charge in [0.25, 0.3) is 0 Å². The summed E-state index contributed by atoms with van der Waals surface area (Å²) < 4.78 is 1.69. The molecule has 110 valence electrons. The fourth-order valence-electron chi connectivity index (χ4n) is 2.20. The molecule has 0 bridgehead atoms. The van der Waals surface area contributed by atoms with Gasteiger partial charge in [0, 0.05) is 12.3 Å². The SMILES string of the molecule is O=C(Cc1ccn(-c2ccccc2)n1)c1ccc(O)cc1O. The third-order valence-corrected chi connectivity index (χ3v) is 3.29. The Kier molecular flexibility index (Phi) is 3.62. The first-order valence-corrected chi connectivity index (χ1v) is 6.78. The predicted octanol–water partition coefficient (Wildman–Crippen LogP) is 2.71. The van der Waals surface area contributed by atoms with Crippen LogP contribution in [-0.4, -0.2) is 25.8 Å². The number of aromatic nitrogens is 2. The van der Waals surface area contributed by atoms with E-state index in [0.717, 1.165) is 11.8 Å². The molecule has 5 heteroatoms. The molecule has 3 aromatic rings. The van der Waals surface area contributed by atoms with Crippen LogP contribution in [0.1, 0.15) is 16.1 Å². The van der Waals surface area contributed by atoms with Crippen molar-refractivity contribution >= 4 is 5.78 Å². The number of para-hydroxylation sites is 1. The summed E-state index contributed by atoms with van der Waals surface area (Å²) in [4.78, 5) is 12.2. The van der Waals surface area contributed by atoms with Crippen LogP contribution in [0.5, 0.6) is 11.5 Å². The summed E-state index contributed by atoms with van der Waals surface area (Å²) in [7, 11) is 0. The van der Waals surface area contributed by atoms with E-state index in [4.69, 9.17) is 0 Å². The molecule has 0 saturated heterocycles. The van der Waals surface area contributed by atoms with Crippen LogP contribution >= 0.6 is 0 Å². The highest BCUT2D eigenvalue weighted by atomic mass is 16.3. The maximum absolute atomic E-state index is 12.2. The molecule has 0 aliphatic heterocycles. The van der Waals surface area contributed by atoms with E-state index in [-0.39, 0.29) is 29.3 Å². The van der Waals surface area contributed by atoms with Crippen molar-refractivity contribution in [3.05, 3.63) is 72.1 Å². The third-order valence-electron chi connectivity index (χ3n) is 3.29. The summed E-state index contributed by atoms with van der Waals surface area (Å²) in [6, 6.07) is 15.3. The fraction of sp³-hybridized carbons (Fsp3) is 0.0588. The topological polar surface area (TPSA) is 75.4 Å². The van der Waals surface area contributed by atoms with E-state index in [1.165, 1.54) is 12.1 Å². The van der Waals surface area contributed by atoms with Crippen LogP contribution in [0.2, 0.25) is 0 Å². The number of carbonyl (C=O) groups excluding carboxylic acids is 1. The minimum atomic E-state index is -0.254. The molecular formula is C17H14N2O3. The van der Waals surface area contributed by atoms with E-state index >= 15 is 0 Å². The van der Waals surface area contributed by atoms with Crippen molar-refractivity contribution in [2.45, 2.75) is 6.42 Å². The lowest BCUT2D eigenvalue weighted by atomic mass is 10.1. The Balaban J connectivity index is 1.79. The second kappa shape index (κ2) is 5.73. The molecule has 2 N–H and O–H groups in total. The molecule has 0 atom stereocenters. The van der Waals surface area contributed by atoms with Gasteiger partial charge in [-0.1, -0.05) is 18.2 Å². The zero-order valence-corrected chi connectivity index (χ0v) is 11.7. The van der Waals surface area contributed by atoms with Crippen LogP contribution in [-0.2, 0) is 6.42 Å². The Morgan fingerprint density at radius 1 is 1.05 bits per heavy atom. The van der Waals surface area contributed by atoms with Crippen LogP contribution < -0.4 is 0 Å². The molecule has 0 aliphatic rings. The van der Waals surface area contributed by atoms with Crippen molar-refractivity contribution in [2.75, 3.05) is 0 Å². The van der Waals surface area contributed by atoms with Crippen molar-refractivity contribution in [2.24, 2.45) is 0 Å². The van der Waals surface area contributed by atoms with Gasteiger partial charge in [-0.15, -0.1) is 0 Å². The first-order chi connectivity index (χ1) is 10.6. The van der Waals surface area contributed by atoms with Crippen LogP contribution in [0, 0.1) is 0 Å². The second-order valence-corrected chi connectivity index (χ2v) is 4.89. The smallest absolute Gasteiger partial charge is 0.172 e. The number of Topliss-reactive ketones (excluding diaryl/α,β-unsaturated/α-hetero) is 1. The van der Waals surface area contributed by atoms with Crippen molar-refractivity contribution in [3.8, 4) is 17.2 Å². The number of carbonyl (C=O) groups is 1. The normalized spacial score (nSPS) is 10.5. The Bertz CT molecular complexity index is 810. The Hall–Kier alpha value is -3.08. The monoisotopic (exact) mass is 294 g/mol. The first-order valence-electron chi connectivity index (χ1n) is 6.78. The molecule has 0 amide bonds. The lowest BCUT2D eigenvalue weighted by Gasteiger charge is -2.03. The number of rotatable bonds is 4. The van der Waals surface area contributed by atoms with Gasteiger partial charge in [-0.25, -0.2) is 4.68 Å². The Labute approximate surface area is 127 Å². The highest BCUT2D eigenvalue weighted by Gasteiger charge is 2.14. The number of ketones is 1. The molecule has 1 heterocycles.